The van der Waals surface area contributed by atoms with Crippen molar-refractivity contribution >= 4 is 29.2 Å². The molecule has 4 heterocycles. The number of aliphatic hydroxyl groups excluding tert-OH is 2. The summed E-state index contributed by atoms with van der Waals surface area (Å²) in [6.45, 7) is 4.49. The van der Waals surface area contributed by atoms with Crippen LogP contribution in [0.4, 0.5) is 15.8 Å². The Bertz CT molecular complexity index is 3010. The Morgan fingerprint density at radius 1 is 0.778 bits per heavy atom. The molecule has 5 aromatic rings. The number of cyclic esters (lactones) is 1. The zero-order valence-corrected chi connectivity index (χ0v) is 45.8. The van der Waals surface area contributed by atoms with E-state index in [2.05, 4.69) is 10.6 Å². The van der Waals surface area contributed by atoms with Crippen LogP contribution in [0.15, 0.2) is 91.0 Å². The molecule has 81 heavy (non-hydrogen) atoms. The van der Waals surface area contributed by atoms with E-state index in [-0.39, 0.29) is 57.1 Å². The maximum absolute atomic E-state index is 14.7. The van der Waals surface area contributed by atoms with E-state index in [0.29, 0.717) is 75.7 Å². The summed E-state index contributed by atoms with van der Waals surface area (Å²) in [5.41, 5.74) is 3.83. The minimum atomic E-state index is -1.49. The van der Waals surface area contributed by atoms with Gasteiger partial charge in [-0.05, 0) is 109 Å². The number of nitrogens with one attached hydrogen (secondary N) is 2. The van der Waals surface area contributed by atoms with E-state index in [4.69, 9.17) is 56.8 Å². The second-order valence-electron chi connectivity index (χ2n) is 20.4. The van der Waals surface area contributed by atoms with Gasteiger partial charge in [0.1, 0.15) is 41.7 Å². The zero-order chi connectivity index (χ0) is 56.7. The number of esters is 1. The molecule has 0 bridgehead atoms. The molecule has 0 saturated carbocycles. The smallest absolute Gasteiger partial charge is 0.310 e. The number of hydrogen-bond donors (Lipinski definition) is 4. The molecule has 0 aromatic heterocycles. The lowest BCUT2D eigenvalue weighted by molar-refractivity contribution is -0.364. The van der Waals surface area contributed by atoms with Gasteiger partial charge >= 0.3 is 5.97 Å². The number of para-hydroxylation sites is 1. The number of methoxy groups -OCH3 is 3. The van der Waals surface area contributed by atoms with Crippen molar-refractivity contribution in [2.75, 3.05) is 71.2 Å². The third-order valence-corrected chi connectivity index (χ3v) is 15.2. The summed E-state index contributed by atoms with van der Waals surface area (Å²) < 4.78 is 85.8. The van der Waals surface area contributed by atoms with Crippen molar-refractivity contribution in [3.8, 4) is 46.0 Å². The van der Waals surface area contributed by atoms with Gasteiger partial charge in [-0.2, -0.15) is 0 Å². The molecule has 6 unspecified atom stereocenters. The van der Waals surface area contributed by atoms with Crippen LogP contribution >= 0.6 is 0 Å². The lowest BCUT2D eigenvalue weighted by Gasteiger charge is -2.47. The molecule has 0 radical (unpaired) electrons. The highest BCUT2D eigenvalue weighted by Gasteiger charge is 2.56. The summed E-state index contributed by atoms with van der Waals surface area (Å²) in [6.07, 6.45) is -3.73. The standard InChI is InChI=1S/C60H68FN3O17/c1-33(65)64(44-26-37(61)15-18-45(44)79-38-13-9-8-10-14-38)29-36-23-39(70-3)16-17-43(36)62-20-11-6-7-12-21-63-51(66)19-22-73-57-48(71-4)24-35(25-49(57)72-5)52-40-27-46-47(77-32-76-46)28-41(40)56(42-30-75-59(69)53(42)52)81-60-55(68)54(67)58-50(80-60)31-74-34(2)78-58/h8-10,13-18,23-28,34,42,50,52-56,58,60,62,67-68H,6-7,11-12,19-22,29-32H2,1-5H3,(H,63,66)/t34?,42-,50?,52+,53-,54?,55?,56+,58?,60?/m0/s1. The molecule has 10 atom stereocenters. The van der Waals surface area contributed by atoms with E-state index in [9.17, 15) is 29.0 Å². The molecule has 4 aliphatic heterocycles. The first kappa shape index (κ1) is 56.9. The molecule has 432 valence electrons. The maximum atomic E-state index is 14.7. The summed E-state index contributed by atoms with van der Waals surface area (Å²) in [5.74, 6) is -0.122. The number of unbranched alkanes of at least 4 members (excludes halogenated alkanes) is 3. The lowest BCUT2D eigenvalue weighted by atomic mass is 9.66. The van der Waals surface area contributed by atoms with E-state index in [1.54, 1.807) is 44.4 Å². The molecule has 3 fully saturated rings. The molecule has 5 aromatic carbocycles. The Morgan fingerprint density at radius 2 is 1.52 bits per heavy atom. The second-order valence-corrected chi connectivity index (χ2v) is 20.4. The van der Waals surface area contributed by atoms with Crippen LogP contribution in [0.1, 0.15) is 80.2 Å². The number of fused-ring (bicyclic) bond motifs is 4. The number of amides is 2. The molecule has 2 amide bonds. The fourth-order valence-corrected chi connectivity index (χ4v) is 11.2. The van der Waals surface area contributed by atoms with Crippen molar-refractivity contribution in [1.82, 2.24) is 5.32 Å². The quantitative estimate of drug-likeness (QED) is 0.0363. The first-order valence-electron chi connectivity index (χ1n) is 27.2. The molecule has 5 aliphatic rings. The van der Waals surface area contributed by atoms with E-state index in [1.807, 2.05) is 42.5 Å². The van der Waals surface area contributed by atoms with Gasteiger partial charge in [-0.3, -0.25) is 14.4 Å². The Labute approximate surface area is 468 Å². The van der Waals surface area contributed by atoms with Gasteiger partial charge in [0, 0.05) is 43.6 Å². The monoisotopic (exact) mass is 1120 g/mol. The van der Waals surface area contributed by atoms with Crippen LogP contribution in [0.3, 0.4) is 0 Å². The minimum Gasteiger partial charge on any atom is -0.497 e. The van der Waals surface area contributed by atoms with Crippen molar-refractivity contribution in [2.45, 2.75) is 102 Å². The van der Waals surface area contributed by atoms with Crippen molar-refractivity contribution < 1.29 is 85.8 Å². The van der Waals surface area contributed by atoms with Crippen LogP contribution < -0.4 is 48.7 Å². The van der Waals surface area contributed by atoms with Gasteiger partial charge in [0.15, 0.2) is 41.3 Å². The SMILES string of the molecule is COc1ccc(NCCCCCCNC(=O)CCOc2c(OC)cc([C@@H]3c4cc5c(cc4[C@@H](OC4OC6COC(C)OC6C(O)C4O)[C@H]4COC(=O)[C@H]34)OCO5)cc2OC)c(CN(C(C)=O)c2cc(F)ccc2Oc2ccccc2)c1. The van der Waals surface area contributed by atoms with Crippen molar-refractivity contribution in [1.29, 1.82) is 0 Å². The fourth-order valence-electron chi connectivity index (χ4n) is 11.2. The van der Waals surface area contributed by atoms with Gasteiger partial charge in [-0.1, -0.05) is 31.0 Å². The van der Waals surface area contributed by atoms with Crippen molar-refractivity contribution in [3.63, 3.8) is 0 Å². The van der Waals surface area contributed by atoms with Gasteiger partial charge in [-0.25, -0.2) is 4.39 Å². The number of halogens is 1. The fraction of sp³-hybridized carbons (Fsp3) is 0.450. The van der Waals surface area contributed by atoms with Crippen molar-refractivity contribution in [2.24, 2.45) is 11.8 Å². The van der Waals surface area contributed by atoms with Crippen LogP contribution in [-0.2, 0) is 44.6 Å². The first-order chi connectivity index (χ1) is 39.3. The molecule has 4 N–H and O–H groups in total. The van der Waals surface area contributed by atoms with E-state index < -0.39 is 72.6 Å². The number of hydrogen-bond acceptors (Lipinski definition) is 18. The number of benzene rings is 5. The Morgan fingerprint density at radius 3 is 2.25 bits per heavy atom. The van der Waals surface area contributed by atoms with Gasteiger partial charge in [0.25, 0.3) is 0 Å². The Balaban J connectivity index is 0.728. The summed E-state index contributed by atoms with van der Waals surface area (Å²) in [7, 11) is 4.55. The minimum absolute atomic E-state index is 0.00167. The predicted octanol–water partition coefficient (Wildman–Crippen LogP) is 7.68. The number of nitrogens with zero attached hydrogens (tertiary/aromatic N) is 1. The summed E-state index contributed by atoms with van der Waals surface area (Å²) >= 11 is 0. The van der Waals surface area contributed by atoms with E-state index >= 15 is 0 Å². The summed E-state index contributed by atoms with van der Waals surface area (Å²) in [5, 5.41) is 28.9. The maximum Gasteiger partial charge on any atom is 0.310 e. The van der Waals surface area contributed by atoms with Gasteiger partial charge < -0.3 is 82.6 Å². The summed E-state index contributed by atoms with van der Waals surface area (Å²) in [6, 6.07) is 26.0. The first-order valence-corrected chi connectivity index (χ1v) is 27.2. The molecular formula is C60H68FN3O17. The normalized spacial score (nSPS) is 24.2. The van der Waals surface area contributed by atoms with E-state index in [1.165, 1.54) is 44.2 Å². The summed E-state index contributed by atoms with van der Waals surface area (Å²) in [4.78, 5) is 41.6. The van der Waals surface area contributed by atoms with Crippen LogP contribution in [-0.4, -0.2) is 126 Å². The van der Waals surface area contributed by atoms with Crippen molar-refractivity contribution in [3.05, 3.63) is 119 Å². The van der Waals surface area contributed by atoms with Gasteiger partial charge in [0.05, 0.1) is 71.8 Å². The molecule has 20 nitrogen and oxygen atoms in total. The molecule has 0 spiro atoms. The van der Waals surface area contributed by atoms with Crippen LogP contribution in [0.2, 0.25) is 0 Å². The van der Waals surface area contributed by atoms with Crippen LogP contribution in [0.25, 0.3) is 0 Å². The van der Waals surface area contributed by atoms with Crippen LogP contribution in [0, 0.1) is 17.7 Å². The lowest BCUT2D eigenvalue weighted by Crippen LogP contribution is -2.63. The third-order valence-electron chi connectivity index (χ3n) is 15.2. The highest BCUT2D eigenvalue weighted by molar-refractivity contribution is 5.93. The number of anilines is 2. The van der Waals surface area contributed by atoms with Gasteiger partial charge in [0.2, 0.25) is 24.4 Å². The average Bonchev–Trinajstić information content (AvgIpc) is 4.24. The average molecular weight is 1120 g/mol. The Hall–Kier alpha value is -7.40. The number of rotatable bonds is 23. The predicted molar refractivity (Wildman–Crippen MR) is 290 cm³/mol. The number of carbonyl (C=O) groups excluding carboxylic acids is 3. The van der Waals surface area contributed by atoms with E-state index in [0.717, 1.165) is 36.9 Å². The third kappa shape index (κ3) is 12.6. The second kappa shape index (κ2) is 25.6. The molecule has 1 aliphatic carbocycles. The topological polar surface area (TPSA) is 230 Å². The molecule has 10 rings (SSSR count). The molecular weight excluding hydrogens is 1050 g/mol. The van der Waals surface area contributed by atoms with Crippen LogP contribution in [0.5, 0.6) is 46.0 Å². The zero-order valence-electron chi connectivity index (χ0n) is 45.8. The molecule has 3 saturated heterocycles. The number of ether oxygens (including phenoxy) is 12. The highest BCUT2D eigenvalue weighted by Crippen LogP contribution is 2.57. The largest absolute Gasteiger partial charge is 0.497 e. The number of aliphatic hydroxyl groups is 2. The van der Waals surface area contributed by atoms with Gasteiger partial charge in [-0.15, -0.1) is 0 Å². The Kier molecular flexibility index (Phi) is 18.0. The number of carbonyl (C=O) groups is 3. The molecule has 21 heteroatoms. The highest BCUT2D eigenvalue weighted by atomic mass is 19.1.